The number of aromatic nitrogens is 2. The molecule has 0 aliphatic heterocycles. The van der Waals surface area contributed by atoms with Crippen LogP contribution < -0.4 is 0 Å². The highest BCUT2D eigenvalue weighted by molar-refractivity contribution is 5.69. The van der Waals surface area contributed by atoms with E-state index in [2.05, 4.69) is 33.6 Å². The molecule has 1 aromatic heterocycles. The molecule has 1 aliphatic carbocycles. The van der Waals surface area contributed by atoms with Gasteiger partial charge in [-0.25, -0.2) is 0 Å². The van der Waals surface area contributed by atoms with E-state index in [1.54, 1.807) is 0 Å². The van der Waals surface area contributed by atoms with Crippen molar-refractivity contribution in [2.24, 2.45) is 0 Å². The van der Waals surface area contributed by atoms with E-state index in [9.17, 15) is 4.79 Å². The Morgan fingerprint density at radius 3 is 2.90 bits per heavy atom. The highest BCUT2D eigenvalue weighted by Crippen LogP contribution is 2.27. The molecule has 0 N–H and O–H groups in total. The number of rotatable bonds is 7. The Balaban J connectivity index is 1.74. The first-order valence-corrected chi connectivity index (χ1v) is 7.98. The van der Waals surface area contributed by atoms with Crippen molar-refractivity contribution in [1.29, 1.82) is 0 Å². The lowest BCUT2D eigenvalue weighted by molar-refractivity contribution is -0.140. The highest BCUT2D eigenvalue weighted by atomic mass is 16.5. The summed E-state index contributed by atoms with van der Waals surface area (Å²) >= 11 is 0. The smallest absolute Gasteiger partial charge is 0.305 e. The van der Waals surface area contributed by atoms with Crippen LogP contribution in [-0.2, 0) is 16.1 Å². The first-order valence-electron chi connectivity index (χ1n) is 7.98. The second-order valence-electron chi connectivity index (χ2n) is 6.00. The molecule has 5 heteroatoms. The molecule has 0 aromatic carbocycles. The summed E-state index contributed by atoms with van der Waals surface area (Å²) < 4.78 is 6.80. The zero-order chi connectivity index (χ0) is 15.1. The predicted molar refractivity (Wildman–Crippen MR) is 81.9 cm³/mol. The lowest BCUT2D eigenvalue weighted by atomic mass is 9.96. The summed E-state index contributed by atoms with van der Waals surface area (Å²) in [5, 5.41) is 4.72. The van der Waals surface area contributed by atoms with Gasteiger partial charge in [-0.1, -0.05) is 19.3 Å². The number of nitrogens with zero attached hydrogens (tertiary/aromatic N) is 3. The molecule has 0 amide bonds. The van der Waals surface area contributed by atoms with Gasteiger partial charge in [0.25, 0.3) is 0 Å². The third-order valence-electron chi connectivity index (χ3n) is 4.19. The highest BCUT2D eigenvalue weighted by Gasteiger charge is 2.16. The third-order valence-corrected chi connectivity index (χ3v) is 4.19. The summed E-state index contributed by atoms with van der Waals surface area (Å²) in [6, 6.07) is 2.71. The van der Waals surface area contributed by atoms with Crippen LogP contribution in [0.2, 0.25) is 0 Å². The number of methoxy groups -OCH3 is 1. The molecule has 1 heterocycles. The number of hydrogen-bond acceptors (Lipinski definition) is 4. The van der Waals surface area contributed by atoms with E-state index >= 15 is 0 Å². The van der Waals surface area contributed by atoms with E-state index < -0.39 is 0 Å². The third kappa shape index (κ3) is 5.16. The fourth-order valence-electron chi connectivity index (χ4n) is 2.96. The monoisotopic (exact) mass is 293 g/mol. The standard InChI is InChI=1S/C16H27N3O2/c1-18(11-6-9-16(20)21-2)13-14-10-12-19(17-14)15-7-4-3-5-8-15/h10,12,15H,3-9,11,13H2,1-2H3. The number of esters is 1. The molecule has 1 aromatic rings. The Morgan fingerprint density at radius 1 is 1.43 bits per heavy atom. The lowest BCUT2D eigenvalue weighted by Crippen LogP contribution is -2.21. The van der Waals surface area contributed by atoms with Crippen molar-refractivity contribution >= 4 is 5.97 Å². The maximum absolute atomic E-state index is 11.1. The van der Waals surface area contributed by atoms with Crippen LogP contribution in [0.1, 0.15) is 56.7 Å². The van der Waals surface area contributed by atoms with E-state index in [-0.39, 0.29) is 5.97 Å². The van der Waals surface area contributed by atoms with Crippen LogP contribution >= 0.6 is 0 Å². The van der Waals surface area contributed by atoms with E-state index in [0.717, 1.165) is 25.2 Å². The molecule has 1 saturated carbocycles. The molecule has 0 saturated heterocycles. The van der Waals surface area contributed by atoms with E-state index in [1.807, 2.05) is 0 Å². The van der Waals surface area contributed by atoms with Crippen LogP contribution in [0.4, 0.5) is 0 Å². The van der Waals surface area contributed by atoms with Gasteiger partial charge in [-0.3, -0.25) is 9.48 Å². The topological polar surface area (TPSA) is 47.4 Å². The first-order chi connectivity index (χ1) is 10.2. The van der Waals surface area contributed by atoms with Crippen molar-refractivity contribution in [3.63, 3.8) is 0 Å². The van der Waals surface area contributed by atoms with Gasteiger partial charge in [0.05, 0.1) is 18.8 Å². The van der Waals surface area contributed by atoms with Crippen LogP contribution in [0.15, 0.2) is 12.3 Å². The minimum Gasteiger partial charge on any atom is -0.469 e. The summed E-state index contributed by atoms with van der Waals surface area (Å²) in [5.74, 6) is -0.134. The fraction of sp³-hybridized carbons (Fsp3) is 0.750. The van der Waals surface area contributed by atoms with E-state index in [4.69, 9.17) is 5.10 Å². The van der Waals surface area contributed by atoms with Crippen molar-refractivity contribution in [2.45, 2.75) is 57.5 Å². The zero-order valence-corrected chi connectivity index (χ0v) is 13.3. The van der Waals surface area contributed by atoms with Gasteiger partial charge in [0.1, 0.15) is 0 Å². The van der Waals surface area contributed by atoms with Crippen LogP contribution in [-0.4, -0.2) is 41.4 Å². The minimum absolute atomic E-state index is 0.134. The molecule has 0 radical (unpaired) electrons. The molecule has 118 valence electrons. The summed E-state index contributed by atoms with van der Waals surface area (Å²) in [7, 11) is 3.50. The van der Waals surface area contributed by atoms with Crippen molar-refractivity contribution in [2.75, 3.05) is 20.7 Å². The van der Waals surface area contributed by atoms with Gasteiger partial charge >= 0.3 is 5.97 Å². The Hall–Kier alpha value is -1.36. The summed E-state index contributed by atoms with van der Waals surface area (Å²) in [5.41, 5.74) is 1.11. The largest absolute Gasteiger partial charge is 0.469 e. The van der Waals surface area contributed by atoms with Crippen LogP contribution in [0, 0.1) is 0 Å². The lowest BCUT2D eigenvalue weighted by Gasteiger charge is -2.22. The Kier molecular flexibility index (Phi) is 6.23. The summed E-state index contributed by atoms with van der Waals surface area (Å²) in [6.07, 6.45) is 9.97. The summed E-state index contributed by atoms with van der Waals surface area (Å²) in [4.78, 5) is 13.3. The Bertz CT molecular complexity index is 438. The molecule has 2 rings (SSSR count). The van der Waals surface area contributed by atoms with Crippen LogP contribution in [0.5, 0.6) is 0 Å². The summed E-state index contributed by atoms with van der Waals surface area (Å²) in [6.45, 7) is 1.71. The average molecular weight is 293 g/mol. The van der Waals surface area contributed by atoms with Crippen LogP contribution in [0.25, 0.3) is 0 Å². The molecule has 1 fully saturated rings. The van der Waals surface area contributed by atoms with Gasteiger partial charge in [-0.15, -0.1) is 0 Å². The van der Waals surface area contributed by atoms with Gasteiger partial charge in [0.15, 0.2) is 0 Å². The molecule has 1 aliphatic rings. The van der Waals surface area contributed by atoms with Crippen molar-refractivity contribution in [3.8, 4) is 0 Å². The second-order valence-corrected chi connectivity index (χ2v) is 6.00. The average Bonchev–Trinajstić information content (AvgIpc) is 2.96. The number of carbonyl (C=O) groups is 1. The normalized spacial score (nSPS) is 16.3. The van der Waals surface area contributed by atoms with E-state index in [0.29, 0.717) is 12.5 Å². The first kappa shape index (κ1) is 16.0. The van der Waals surface area contributed by atoms with Crippen molar-refractivity contribution in [1.82, 2.24) is 14.7 Å². The molecule has 0 atom stereocenters. The van der Waals surface area contributed by atoms with Crippen molar-refractivity contribution < 1.29 is 9.53 Å². The Labute approximate surface area is 127 Å². The SMILES string of the molecule is COC(=O)CCCN(C)Cc1ccn(C2CCCCC2)n1. The molecule has 0 bridgehead atoms. The minimum atomic E-state index is -0.134. The number of ether oxygens (including phenoxy) is 1. The molecule has 5 nitrogen and oxygen atoms in total. The van der Waals surface area contributed by atoms with Gasteiger partial charge in [-0.2, -0.15) is 5.10 Å². The molecular weight excluding hydrogens is 266 g/mol. The van der Waals surface area contributed by atoms with Gasteiger partial charge in [0.2, 0.25) is 0 Å². The van der Waals surface area contributed by atoms with Gasteiger partial charge in [0, 0.05) is 19.2 Å². The maximum Gasteiger partial charge on any atom is 0.305 e. The molecule has 21 heavy (non-hydrogen) atoms. The Morgan fingerprint density at radius 2 is 2.19 bits per heavy atom. The van der Waals surface area contributed by atoms with Crippen LogP contribution in [0.3, 0.4) is 0 Å². The van der Waals surface area contributed by atoms with Gasteiger partial charge in [-0.05, 0) is 38.9 Å². The predicted octanol–water partition coefficient (Wildman–Crippen LogP) is 2.77. The number of carbonyl (C=O) groups excluding carboxylic acids is 1. The molecule has 0 unspecified atom stereocenters. The second kappa shape index (κ2) is 8.17. The number of hydrogen-bond donors (Lipinski definition) is 0. The quantitative estimate of drug-likeness (QED) is 0.725. The maximum atomic E-state index is 11.1. The van der Waals surface area contributed by atoms with Gasteiger partial charge < -0.3 is 9.64 Å². The molecular formula is C16H27N3O2. The van der Waals surface area contributed by atoms with Crippen molar-refractivity contribution in [3.05, 3.63) is 18.0 Å². The fourth-order valence-corrected chi connectivity index (χ4v) is 2.96. The van der Waals surface area contributed by atoms with E-state index in [1.165, 1.54) is 39.2 Å². The molecule has 0 spiro atoms. The zero-order valence-electron chi connectivity index (χ0n) is 13.3.